The molecule has 24 aromatic rings. The first-order valence-electron chi connectivity index (χ1n) is 36.1. The number of rotatable bonds is 6. The molecule has 0 fully saturated rings. The third-order valence-corrected chi connectivity index (χ3v) is 22.3. The van der Waals surface area contributed by atoms with Crippen LogP contribution in [0.25, 0.3) is 220 Å². The summed E-state index contributed by atoms with van der Waals surface area (Å²) in [6, 6.07) is 119. The van der Waals surface area contributed by atoms with E-state index in [1.807, 2.05) is 66.7 Å². The van der Waals surface area contributed by atoms with E-state index < -0.39 is 0 Å². The predicted octanol–water partition coefficient (Wildman–Crippen LogP) is 26.4. The molecule has 0 N–H and O–H groups in total. The Bertz CT molecular complexity index is 8120. The highest BCUT2D eigenvalue weighted by molar-refractivity contribution is 6.30. The minimum absolute atomic E-state index is 0.613. The maximum Gasteiger partial charge on any atom is 0.145 e. The van der Waals surface area contributed by atoms with Gasteiger partial charge in [0, 0.05) is 109 Å². The van der Waals surface area contributed by atoms with Crippen molar-refractivity contribution in [2.24, 2.45) is 0 Å². The van der Waals surface area contributed by atoms with E-state index in [0.29, 0.717) is 11.1 Å². The molecule has 0 aliphatic carbocycles. The number of nitrogens with zero attached hydrogens (tertiary/aromatic N) is 6. The van der Waals surface area contributed by atoms with Gasteiger partial charge in [-0.3, -0.25) is 0 Å². The van der Waals surface area contributed by atoms with Gasteiger partial charge in [0.15, 0.2) is 0 Å². The van der Waals surface area contributed by atoms with Crippen LogP contribution in [-0.4, -0.2) is 18.3 Å². The van der Waals surface area contributed by atoms with Gasteiger partial charge in [-0.15, -0.1) is 0 Å². The normalized spacial score (nSPS) is 12.1. The van der Waals surface area contributed by atoms with Crippen molar-refractivity contribution in [3.63, 3.8) is 0 Å². The van der Waals surface area contributed by atoms with E-state index in [-0.39, 0.29) is 0 Å². The number of nitriles is 2. The molecule has 8 heterocycles. The van der Waals surface area contributed by atoms with Crippen LogP contribution in [0, 0.1) is 22.7 Å². The van der Waals surface area contributed by atoms with Crippen LogP contribution in [-0.2, 0) is 0 Å². The van der Waals surface area contributed by atoms with Crippen LogP contribution in [0.5, 0.6) is 0 Å². The largest absolute Gasteiger partial charge is 0.456 e. The fourth-order valence-corrected chi connectivity index (χ4v) is 17.8. The quantitative estimate of drug-likeness (QED) is 0.164. The van der Waals surface area contributed by atoms with E-state index in [1.54, 1.807) is 0 Å². The minimum Gasteiger partial charge on any atom is -0.456 e. The van der Waals surface area contributed by atoms with Crippen molar-refractivity contribution in [2.45, 2.75) is 0 Å². The lowest BCUT2D eigenvalue weighted by atomic mass is 9.99. The standard InChI is InChI=1S/2C49H27N3O2/c50-28-30-20-21-32(52-41-17-6-2-15-38(41)47-43(52)25-23-36-34-13-4-8-19-45(34)54-49(36)47)27-39(30)29-10-9-11-31(26-29)51-40-16-5-1-14-37(40)46-42(51)24-22-35-33-12-3-7-18-44(33)53-48(35)46;50-28-30-20-21-32(52-39-17-6-2-13-34(39)47-41(52)23-25-45-49(47)36-15-4-8-19-43(36)54-45)27-37(30)29-10-9-11-31(26-29)51-38-16-5-1-12-33(38)46-40(51)22-24-44-48(46)35-14-3-7-18-42(35)53-44/h2*1-27H. The molecule has 0 atom stereocenters. The molecule has 0 aliphatic heterocycles. The monoisotopic (exact) mass is 1380 g/mol. The van der Waals surface area contributed by atoms with Crippen LogP contribution in [0.2, 0.25) is 0 Å². The van der Waals surface area contributed by atoms with Crippen LogP contribution in [0.1, 0.15) is 11.1 Å². The maximum atomic E-state index is 10.5. The Kier molecular flexibility index (Phi) is 12.5. The average molecular weight is 1380 g/mol. The number of para-hydroxylation sites is 8. The number of fused-ring (bicyclic) bond motifs is 28. The lowest BCUT2D eigenvalue weighted by molar-refractivity contribution is 0.669. The smallest absolute Gasteiger partial charge is 0.145 e. The number of hydrogen-bond acceptors (Lipinski definition) is 6. The summed E-state index contributed by atoms with van der Waals surface area (Å²) in [5.41, 5.74) is 24.6. The molecule has 10 nitrogen and oxygen atoms in total. The van der Waals surface area contributed by atoms with Gasteiger partial charge in [-0.2, -0.15) is 10.5 Å². The molecule has 0 spiro atoms. The van der Waals surface area contributed by atoms with E-state index in [1.165, 1.54) is 10.8 Å². The summed E-state index contributed by atoms with van der Waals surface area (Å²) in [6.07, 6.45) is 0. The zero-order chi connectivity index (χ0) is 71.0. The van der Waals surface area contributed by atoms with Gasteiger partial charge >= 0.3 is 0 Å². The van der Waals surface area contributed by atoms with E-state index in [2.05, 4.69) is 291 Å². The highest BCUT2D eigenvalue weighted by Gasteiger charge is 2.26. The topological polar surface area (TPSA) is 120 Å². The molecule has 0 aliphatic rings. The van der Waals surface area contributed by atoms with Gasteiger partial charge in [0.05, 0.1) is 78.2 Å². The van der Waals surface area contributed by atoms with Crippen molar-refractivity contribution in [2.75, 3.05) is 0 Å². The van der Waals surface area contributed by atoms with Crippen LogP contribution in [0.15, 0.2) is 345 Å². The van der Waals surface area contributed by atoms with Gasteiger partial charge in [0.2, 0.25) is 0 Å². The molecular weight excluding hydrogens is 1330 g/mol. The van der Waals surface area contributed by atoms with Gasteiger partial charge in [-0.05, 0) is 169 Å². The number of aromatic nitrogens is 4. The van der Waals surface area contributed by atoms with Gasteiger partial charge in [0.1, 0.15) is 44.7 Å². The highest BCUT2D eigenvalue weighted by atomic mass is 16.3. The molecule has 0 saturated carbocycles. The lowest BCUT2D eigenvalue weighted by Crippen LogP contribution is -1.97. The molecular formula is C98H54N6O4. The Hall–Kier alpha value is -15.1. The number of hydrogen-bond donors (Lipinski definition) is 0. The predicted molar refractivity (Wildman–Crippen MR) is 440 cm³/mol. The van der Waals surface area contributed by atoms with E-state index in [9.17, 15) is 10.5 Å². The second-order valence-electron chi connectivity index (χ2n) is 27.9. The Balaban J connectivity index is 0.000000130. The van der Waals surface area contributed by atoms with Crippen molar-refractivity contribution >= 4 is 175 Å². The maximum absolute atomic E-state index is 10.5. The van der Waals surface area contributed by atoms with E-state index >= 15 is 0 Å². The molecule has 0 radical (unpaired) electrons. The van der Waals surface area contributed by atoms with Crippen molar-refractivity contribution in [1.82, 2.24) is 18.3 Å². The molecule has 24 rings (SSSR count). The first-order chi connectivity index (χ1) is 53.5. The summed E-state index contributed by atoms with van der Waals surface area (Å²) in [7, 11) is 0. The molecule has 0 unspecified atom stereocenters. The van der Waals surface area contributed by atoms with Crippen molar-refractivity contribution < 1.29 is 17.7 Å². The van der Waals surface area contributed by atoms with Crippen molar-refractivity contribution in [1.29, 1.82) is 10.5 Å². The van der Waals surface area contributed by atoms with Crippen LogP contribution >= 0.6 is 0 Å². The minimum atomic E-state index is 0.613. The summed E-state index contributed by atoms with van der Waals surface area (Å²) in [6.45, 7) is 0. The Morgan fingerprint density at radius 3 is 0.907 bits per heavy atom. The van der Waals surface area contributed by atoms with Gasteiger partial charge < -0.3 is 35.9 Å². The molecule has 0 saturated heterocycles. The average Bonchev–Trinajstić information content (AvgIpc) is 1.59. The fraction of sp³-hybridized carbons (Fsp3) is 0. The lowest BCUT2D eigenvalue weighted by Gasteiger charge is -2.14. The van der Waals surface area contributed by atoms with Crippen molar-refractivity contribution in [3.8, 4) is 57.1 Å². The summed E-state index contributed by atoms with van der Waals surface area (Å²) in [5, 5.41) is 38.9. The molecule has 16 aromatic carbocycles. The van der Waals surface area contributed by atoms with E-state index in [0.717, 1.165) is 209 Å². The Morgan fingerprint density at radius 1 is 0.204 bits per heavy atom. The summed E-state index contributed by atoms with van der Waals surface area (Å²) < 4.78 is 34.9. The highest BCUT2D eigenvalue weighted by Crippen LogP contribution is 2.48. The Morgan fingerprint density at radius 2 is 0.519 bits per heavy atom. The first-order valence-corrected chi connectivity index (χ1v) is 36.1. The molecule has 108 heavy (non-hydrogen) atoms. The zero-order valence-corrected chi connectivity index (χ0v) is 57.5. The molecule has 0 bridgehead atoms. The second kappa shape index (κ2) is 22.7. The number of benzene rings is 16. The second-order valence-corrected chi connectivity index (χ2v) is 27.9. The first kappa shape index (κ1) is 59.4. The van der Waals surface area contributed by atoms with Gasteiger partial charge in [-0.25, -0.2) is 0 Å². The molecule has 0 amide bonds. The van der Waals surface area contributed by atoms with Gasteiger partial charge in [-0.1, -0.05) is 170 Å². The van der Waals surface area contributed by atoms with Gasteiger partial charge in [0.25, 0.3) is 0 Å². The van der Waals surface area contributed by atoms with Crippen LogP contribution in [0.4, 0.5) is 0 Å². The van der Waals surface area contributed by atoms with Crippen molar-refractivity contribution in [3.05, 3.63) is 339 Å². The summed E-state index contributed by atoms with van der Waals surface area (Å²) >= 11 is 0. The van der Waals surface area contributed by atoms with E-state index in [4.69, 9.17) is 17.7 Å². The third-order valence-electron chi connectivity index (χ3n) is 22.3. The number of furan rings is 4. The summed E-state index contributed by atoms with van der Waals surface area (Å²) in [4.78, 5) is 0. The summed E-state index contributed by atoms with van der Waals surface area (Å²) in [5.74, 6) is 0. The van der Waals surface area contributed by atoms with Crippen LogP contribution < -0.4 is 0 Å². The third kappa shape index (κ3) is 8.45. The molecule has 10 heteroatoms. The SMILES string of the molecule is N#Cc1ccc(-n2c3ccccc3c3c4c(ccc32)oc2ccccc24)cc1-c1cccc(-n2c3ccccc3c3c4c(ccc32)oc2ccccc24)c1.N#Cc1ccc(-n2c3ccccc3c3c4oc5ccccc5c4ccc32)cc1-c1cccc(-n2c3ccccc3c3c4oc5ccccc5c4ccc32)c1. The Labute approximate surface area is 613 Å². The molecule has 8 aromatic heterocycles. The van der Waals surface area contributed by atoms with Crippen LogP contribution in [0.3, 0.4) is 0 Å². The zero-order valence-electron chi connectivity index (χ0n) is 57.5. The fourth-order valence-electron chi connectivity index (χ4n) is 17.8. The molecule has 500 valence electrons.